The predicted octanol–water partition coefficient (Wildman–Crippen LogP) is 4.27. The Morgan fingerprint density at radius 3 is 2.65 bits per heavy atom. The van der Waals surface area contributed by atoms with Crippen LogP contribution in [0, 0.1) is 5.92 Å². The van der Waals surface area contributed by atoms with Gasteiger partial charge >= 0.3 is 6.09 Å². The molecule has 4 heterocycles. The predicted molar refractivity (Wildman–Crippen MR) is 133 cm³/mol. The number of amides is 2. The van der Waals surface area contributed by atoms with Crippen molar-refractivity contribution in [2.45, 2.75) is 46.7 Å². The molecule has 3 aromatic heterocycles. The summed E-state index contributed by atoms with van der Waals surface area (Å²) >= 11 is 0. The molecule has 2 atom stereocenters. The van der Waals surface area contributed by atoms with E-state index in [1.807, 2.05) is 49.2 Å². The van der Waals surface area contributed by atoms with E-state index in [0.29, 0.717) is 17.9 Å². The number of hydrogen-bond donors (Lipinski definition) is 2. The minimum Gasteiger partial charge on any atom is -0.449 e. The highest BCUT2D eigenvalue weighted by Crippen LogP contribution is 2.30. The Labute approximate surface area is 199 Å². The summed E-state index contributed by atoms with van der Waals surface area (Å²) in [7, 11) is 0. The van der Waals surface area contributed by atoms with Gasteiger partial charge in [0.05, 0.1) is 24.2 Å². The number of aromatic amines is 1. The number of rotatable bonds is 5. The first kappa shape index (κ1) is 23.5. The van der Waals surface area contributed by atoms with Crippen LogP contribution < -0.4 is 10.2 Å². The lowest BCUT2D eigenvalue weighted by atomic mass is 10.1. The molecule has 1 saturated heterocycles. The van der Waals surface area contributed by atoms with E-state index in [2.05, 4.69) is 34.0 Å². The molecule has 0 aromatic carbocycles. The molecule has 0 radical (unpaired) electrons. The minimum atomic E-state index is -0.500. The van der Waals surface area contributed by atoms with E-state index in [4.69, 9.17) is 9.72 Å². The van der Waals surface area contributed by atoms with Crippen molar-refractivity contribution in [2.75, 3.05) is 29.9 Å². The lowest BCUT2D eigenvalue weighted by molar-refractivity contribution is -0.133. The van der Waals surface area contributed by atoms with Gasteiger partial charge in [0.2, 0.25) is 5.91 Å². The average Bonchev–Trinajstić information content (AvgIpc) is 3.20. The molecule has 9 heteroatoms. The average molecular weight is 465 g/mol. The third-order valence-corrected chi connectivity index (χ3v) is 5.94. The number of hydrogen-bond acceptors (Lipinski definition) is 6. The highest BCUT2D eigenvalue weighted by Gasteiger charge is 2.31. The molecule has 0 saturated carbocycles. The number of ether oxygens (including phenoxy) is 1. The molecule has 180 valence electrons. The number of carbonyl (C=O) groups excluding carboxylic acids is 2. The fourth-order valence-corrected chi connectivity index (χ4v) is 4.56. The monoisotopic (exact) mass is 464 g/mol. The van der Waals surface area contributed by atoms with Crippen molar-refractivity contribution in [3.63, 3.8) is 0 Å². The Hall–Kier alpha value is -3.62. The number of carbonyl (C=O) groups is 2. The summed E-state index contributed by atoms with van der Waals surface area (Å²) < 4.78 is 5.21. The lowest BCUT2D eigenvalue weighted by Crippen LogP contribution is -2.58. The van der Waals surface area contributed by atoms with Crippen molar-refractivity contribution < 1.29 is 14.3 Å². The first-order chi connectivity index (χ1) is 16.2. The second kappa shape index (κ2) is 9.70. The van der Waals surface area contributed by atoms with Crippen LogP contribution in [0.15, 0.2) is 36.7 Å². The number of fused-ring (bicyclic) bond motifs is 1. The Balaban J connectivity index is 1.57. The molecule has 0 unspecified atom stereocenters. The summed E-state index contributed by atoms with van der Waals surface area (Å²) in [6.07, 6.45) is 2.98. The van der Waals surface area contributed by atoms with Crippen LogP contribution in [0.1, 0.15) is 34.6 Å². The molecule has 1 fully saturated rings. The molecule has 0 aliphatic carbocycles. The van der Waals surface area contributed by atoms with E-state index in [9.17, 15) is 9.59 Å². The number of piperazine rings is 1. The smallest absolute Gasteiger partial charge is 0.411 e. The maximum atomic E-state index is 12.1. The Morgan fingerprint density at radius 2 is 1.97 bits per heavy atom. The number of nitrogens with one attached hydrogen (secondary N) is 2. The molecule has 1 aliphatic rings. The minimum absolute atomic E-state index is 0.102. The molecule has 9 nitrogen and oxygen atoms in total. The summed E-state index contributed by atoms with van der Waals surface area (Å²) in [5.74, 6) is 1.23. The van der Waals surface area contributed by atoms with Crippen LogP contribution >= 0.6 is 0 Å². The van der Waals surface area contributed by atoms with Crippen LogP contribution in [-0.2, 0) is 9.53 Å². The lowest BCUT2D eigenvalue weighted by Gasteiger charge is -2.44. The molecule has 0 bridgehead atoms. The zero-order valence-electron chi connectivity index (χ0n) is 20.3. The van der Waals surface area contributed by atoms with Crippen LogP contribution in [0.4, 0.5) is 16.3 Å². The summed E-state index contributed by atoms with van der Waals surface area (Å²) in [6, 6.07) is 8.02. The van der Waals surface area contributed by atoms with E-state index >= 15 is 0 Å². The Morgan fingerprint density at radius 1 is 1.24 bits per heavy atom. The van der Waals surface area contributed by atoms with Crippen LogP contribution in [0.5, 0.6) is 0 Å². The van der Waals surface area contributed by atoms with Gasteiger partial charge in [0.25, 0.3) is 0 Å². The number of aromatic nitrogens is 3. The van der Waals surface area contributed by atoms with Crippen molar-refractivity contribution in [1.29, 1.82) is 0 Å². The summed E-state index contributed by atoms with van der Waals surface area (Å²) in [5, 5.41) is 3.60. The molecule has 2 N–H and O–H groups in total. The van der Waals surface area contributed by atoms with Crippen molar-refractivity contribution in [3.05, 3.63) is 36.7 Å². The molecule has 4 rings (SSSR count). The van der Waals surface area contributed by atoms with Gasteiger partial charge in [-0.3, -0.25) is 10.1 Å². The quantitative estimate of drug-likeness (QED) is 0.584. The topological polar surface area (TPSA) is 103 Å². The molecule has 1 aliphatic heterocycles. The second-order valence-corrected chi connectivity index (χ2v) is 9.35. The van der Waals surface area contributed by atoms with Crippen LogP contribution in [-0.4, -0.2) is 63.6 Å². The van der Waals surface area contributed by atoms with Gasteiger partial charge in [-0.05, 0) is 38.0 Å². The highest BCUT2D eigenvalue weighted by molar-refractivity contribution is 5.96. The number of H-pyrrole nitrogens is 1. The molecular formula is C25H32N6O3. The first-order valence-electron chi connectivity index (χ1n) is 11.6. The maximum Gasteiger partial charge on any atom is 0.411 e. The largest absolute Gasteiger partial charge is 0.449 e. The molecule has 34 heavy (non-hydrogen) atoms. The van der Waals surface area contributed by atoms with Gasteiger partial charge in [-0.2, -0.15) is 0 Å². The van der Waals surface area contributed by atoms with E-state index in [1.54, 1.807) is 13.1 Å². The Bertz CT molecular complexity index is 1180. The molecule has 3 aromatic rings. The second-order valence-electron chi connectivity index (χ2n) is 9.35. The van der Waals surface area contributed by atoms with Crippen molar-refractivity contribution in [2.24, 2.45) is 5.92 Å². The standard InChI is InChI=1S/C25H32N6O3/c1-15(2)14-34-25(33)28-19-9-20-21(11-27-24(20)26-10-19)22-7-6-8-23(29-22)30-12-16(3)31(18(5)32)17(4)13-30/h6-11,15-17H,12-14H2,1-5H3,(H,26,27)(H,28,33)/t16-,17+. The first-order valence-corrected chi connectivity index (χ1v) is 11.6. The Kier molecular flexibility index (Phi) is 6.72. The van der Waals surface area contributed by atoms with Crippen molar-refractivity contribution >= 4 is 34.5 Å². The summed E-state index contributed by atoms with van der Waals surface area (Å²) in [4.78, 5) is 40.8. The van der Waals surface area contributed by atoms with Gasteiger partial charge in [0, 0.05) is 49.2 Å². The fourth-order valence-electron chi connectivity index (χ4n) is 4.56. The van der Waals surface area contributed by atoms with E-state index in [-0.39, 0.29) is 23.9 Å². The fraction of sp³-hybridized carbons (Fsp3) is 0.440. The van der Waals surface area contributed by atoms with E-state index in [0.717, 1.165) is 35.6 Å². The number of pyridine rings is 2. The van der Waals surface area contributed by atoms with Gasteiger partial charge in [0.1, 0.15) is 11.5 Å². The third kappa shape index (κ3) is 4.98. The van der Waals surface area contributed by atoms with Crippen LogP contribution in [0.2, 0.25) is 0 Å². The van der Waals surface area contributed by atoms with E-state index in [1.165, 1.54) is 0 Å². The van der Waals surface area contributed by atoms with Crippen LogP contribution in [0.25, 0.3) is 22.3 Å². The molecule has 2 amide bonds. The molecular weight excluding hydrogens is 432 g/mol. The third-order valence-electron chi connectivity index (χ3n) is 5.94. The zero-order chi connectivity index (χ0) is 24.4. The van der Waals surface area contributed by atoms with Gasteiger partial charge < -0.3 is 19.5 Å². The number of anilines is 2. The number of nitrogens with zero attached hydrogens (tertiary/aromatic N) is 4. The van der Waals surface area contributed by atoms with Gasteiger partial charge in [-0.1, -0.05) is 19.9 Å². The van der Waals surface area contributed by atoms with Crippen molar-refractivity contribution in [1.82, 2.24) is 19.9 Å². The van der Waals surface area contributed by atoms with Gasteiger partial charge in [-0.25, -0.2) is 14.8 Å². The normalized spacial score (nSPS) is 18.4. The van der Waals surface area contributed by atoms with Crippen molar-refractivity contribution in [3.8, 4) is 11.3 Å². The van der Waals surface area contributed by atoms with Gasteiger partial charge in [0.15, 0.2) is 0 Å². The summed E-state index contributed by atoms with van der Waals surface area (Å²) in [6.45, 7) is 11.5. The zero-order valence-corrected chi connectivity index (χ0v) is 20.3. The SMILES string of the molecule is CC(=O)N1[C@H](C)CN(c2cccc(-c3c[nH]c4ncc(NC(=O)OCC(C)C)cc34)n2)C[C@@H]1C. The van der Waals surface area contributed by atoms with Crippen LogP contribution in [0.3, 0.4) is 0 Å². The van der Waals surface area contributed by atoms with E-state index < -0.39 is 6.09 Å². The van der Waals surface area contributed by atoms with Gasteiger partial charge in [-0.15, -0.1) is 0 Å². The maximum absolute atomic E-state index is 12.1. The molecule has 0 spiro atoms. The highest BCUT2D eigenvalue weighted by atomic mass is 16.5. The summed E-state index contributed by atoms with van der Waals surface area (Å²) in [5.41, 5.74) is 2.97.